The zero-order valence-electron chi connectivity index (χ0n) is 19.1. The molecule has 9 nitrogen and oxygen atoms in total. The van der Waals surface area contributed by atoms with Crippen LogP contribution in [0.1, 0.15) is 5.56 Å². The minimum atomic E-state index is -3.86. The van der Waals surface area contributed by atoms with E-state index in [0.717, 1.165) is 5.69 Å². The number of sulfonamides is 2. The number of benzene rings is 3. The van der Waals surface area contributed by atoms with Gasteiger partial charge in [0.2, 0.25) is 26.8 Å². The average molecular weight is 534 g/mol. The van der Waals surface area contributed by atoms with Crippen LogP contribution in [-0.4, -0.2) is 54.1 Å². The van der Waals surface area contributed by atoms with Gasteiger partial charge in [-0.2, -0.15) is 4.31 Å². The second kappa shape index (κ2) is 9.69. The second-order valence-electron chi connectivity index (χ2n) is 8.35. The normalized spacial score (nSPS) is 16.3. The number of hydrogen-bond donors (Lipinski definition) is 1. The van der Waals surface area contributed by atoms with E-state index >= 15 is 0 Å². The fourth-order valence-corrected chi connectivity index (χ4v) is 6.53. The zero-order valence-corrected chi connectivity index (χ0v) is 20.8. The second-order valence-corrected chi connectivity index (χ2v) is 12.1. The lowest BCUT2D eigenvalue weighted by Gasteiger charge is -2.35. The molecule has 0 saturated carbocycles. The van der Waals surface area contributed by atoms with Gasteiger partial charge in [0.1, 0.15) is 5.82 Å². The molecule has 5 rings (SSSR count). The highest BCUT2D eigenvalue weighted by Crippen LogP contribution is 2.32. The van der Waals surface area contributed by atoms with Gasteiger partial charge >= 0.3 is 0 Å². The quantitative estimate of drug-likeness (QED) is 0.498. The molecule has 1 fully saturated rings. The molecule has 190 valence electrons. The summed E-state index contributed by atoms with van der Waals surface area (Å²) in [6, 6.07) is 16.4. The predicted molar refractivity (Wildman–Crippen MR) is 130 cm³/mol. The van der Waals surface area contributed by atoms with Crippen molar-refractivity contribution in [2.75, 3.05) is 37.9 Å². The van der Waals surface area contributed by atoms with Crippen molar-refractivity contribution in [3.05, 3.63) is 78.1 Å². The first-order valence-corrected chi connectivity index (χ1v) is 14.1. The van der Waals surface area contributed by atoms with Crippen LogP contribution in [-0.2, 0) is 26.6 Å². The van der Waals surface area contributed by atoms with Crippen molar-refractivity contribution in [3.8, 4) is 11.5 Å². The highest BCUT2D eigenvalue weighted by atomic mass is 32.2. The van der Waals surface area contributed by atoms with Crippen molar-refractivity contribution < 1.29 is 30.7 Å². The number of fused-ring (bicyclic) bond motifs is 1. The first-order chi connectivity index (χ1) is 17.2. The molecular formula is C24H24FN3O6S2. The Balaban J connectivity index is 1.22. The maximum Gasteiger partial charge on any atom is 0.243 e. The smallest absolute Gasteiger partial charge is 0.243 e. The summed E-state index contributed by atoms with van der Waals surface area (Å²) in [5, 5.41) is 0. The number of hydrogen-bond acceptors (Lipinski definition) is 7. The van der Waals surface area contributed by atoms with Crippen molar-refractivity contribution in [1.29, 1.82) is 0 Å². The molecule has 0 atom stereocenters. The number of nitrogens with zero attached hydrogens (tertiary/aromatic N) is 2. The number of halogens is 1. The Morgan fingerprint density at radius 1 is 0.778 bits per heavy atom. The molecule has 2 aliphatic heterocycles. The molecule has 2 aliphatic rings. The van der Waals surface area contributed by atoms with Gasteiger partial charge in [-0.1, -0.05) is 6.07 Å². The third-order valence-electron chi connectivity index (χ3n) is 6.11. The van der Waals surface area contributed by atoms with E-state index in [1.165, 1.54) is 40.7 Å². The lowest BCUT2D eigenvalue weighted by molar-refractivity contribution is 0.174. The Labute approximate surface area is 209 Å². The monoisotopic (exact) mass is 533 g/mol. The molecule has 0 aromatic heterocycles. The number of piperazine rings is 1. The van der Waals surface area contributed by atoms with Gasteiger partial charge in [0.05, 0.1) is 9.79 Å². The van der Waals surface area contributed by atoms with Gasteiger partial charge in [-0.3, -0.25) is 0 Å². The first kappa shape index (κ1) is 24.5. The fourth-order valence-electron chi connectivity index (χ4n) is 4.09. The molecule has 0 unspecified atom stereocenters. The Kier molecular flexibility index (Phi) is 6.60. The van der Waals surface area contributed by atoms with Gasteiger partial charge in [0, 0.05) is 38.4 Å². The number of nitrogens with one attached hydrogen (secondary N) is 1. The number of anilines is 1. The van der Waals surface area contributed by atoms with E-state index in [-0.39, 0.29) is 42.0 Å². The lowest BCUT2D eigenvalue weighted by Crippen LogP contribution is -2.48. The van der Waals surface area contributed by atoms with Crippen LogP contribution in [0, 0.1) is 5.82 Å². The molecule has 0 amide bonds. The summed E-state index contributed by atoms with van der Waals surface area (Å²) < 4.78 is 79.3. The molecule has 0 aliphatic carbocycles. The minimum Gasteiger partial charge on any atom is -0.454 e. The lowest BCUT2D eigenvalue weighted by atomic mass is 10.2. The van der Waals surface area contributed by atoms with Gasteiger partial charge in [-0.05, 0) is 66.2 Å². The Hall–Kier alpha value is -3.19. The van der Waals surface area contributed by atoms with Crippen LogP contribution >= 0.6 is 0 Å². The summed E-state index contributed by atoms with van der Waals surface area (Å²) >= 11 is 0. The van der Waals surface area contributed by atoms with Crippen LogP contribution in [0.2, 0.25) is 0 Å². The molecule has 0 radical (unpaired) electrons. The molecular weight excluding hydrogens is 509 g/mol. The van der Waals surface area contributed by atoms with Crippen molar-refractivity contribution in [2.45, 2.75) is 16.3 Å². The molecule has 1 N–H and O–H groups in total. The Morgan fingerprint density at radius 3 is 2.11 bits per heavy atom. The van der Waals surface area contributed by atoms with Crippen LogP contribution in [0.4, 0.5) is 10.1 Å². The third-order valence-corrected chi connectivity index (χ3v) is 9.44. The number of rotatable bonds is 7. The summed E-state index contributed by atoms with van der Waals surface area (Å²) in [5.74, 6) is 0.837. The molecule has 2 heterocycles. The van der Waals surface area contributed by atoms with Crippen LogP contribution in [0.25, 0.3) is 0 Å². The molecule has 12 heteroatoms. The summed E-state index contributed by atoms with van der Waals surface area (Å²) in [5.41, 5.74) is 1.53. The van der Waals surface area contributed by atoms with Gasteiger partial charge in [-0.15, -0.1) is 0 Å². The van der Waals surface area contributed by atoms with Crippen LogP contribution in [0.15, 0.2) is 76.5 Å². The highest BCUT2D eigenvalue weighted by Gasteiger charge is 2.29. The van der Waals surface area contributed by atoms with Gasteiger partial charge in [0.25, 0.3) is 0 Å². The maximum absolute atomic E-state index is 13.2. The summed E-state index contributed by atoms with van der Waals surface area (Å²) in [6.07, 6.45) is 0. The topological polar surface area (TPSA) is 105 Å². The standard InChI is InChI=1S/C24H24FN3O6S2/c25-19-2-4-20(5-3-19)27-11-13-28(14-12-27)36(31,32)22-8-6-21(7-9-22)35(29,30)26-16-18-1-10-23-24(15-18)34-17-33-23/h1-10,15,26H,11-14,16-17H2. The minimum absolute atomic E-state index is 0.0208. The summed E-state index contributed by atoms with van der Waals surface area (Å²) in [7, 11) is -7.66. The third kappa shape index (κ3) is 5.03. The Bertz CT molecular complexity index is 1450. The number of ether oxygens (including phenoxy) is 2. The zero-order chi connectivity index (χ0) is 25.3. The van der Waals surface area contributed by atoms with Crippen molar-refractivity contribution in [1.82, 2.24) is 9.03 Å². The first-order valence-electron chi connectivity index (χ1n) is 11.2. The largest absolute Gasteiger partial charge is 0.454 e. The van der Waals surface area contributed by atoms with Gasteiger partial charge in [0.15, 0.2) is 11.5 Å². The van der Waals surface area contributed by atoms with Crippen molar-refractivity contribution >= 4 is 25.7 Å². The maximum atomic E-state index is 13.2. The van der Waals surface area contributed by atoms with E-state index in [1.807, 2.05) is 4.90 Å². The van der Waals surface area contributed by atoms with E-state index < -0.39 is 20.0 Å². The highest BCUT2D eigenvalue weighted by molar-refractivity contribution is 7.89. The fraction of sp³-hybridized carbons (Fsp3) is 0.250. The molecule has 3 aromatic carbocycles. The van der Waals surface area contributed by atoms with E-state index in [0.29, 0.717) is 30.2 Å². The SMILES string of the molecule is O=S(=O)(NCc1ccc2c(c1)OCO2)c1ccc(S(=O)(=O)N2CCN(c3ccc(F)cc3)CC2)cc1. The van der Waals surface area contributed by atoms with E-state index in [1.54, 1.807) is 30.3 Å². The summed E-state index contributed by atoms with van der Waals surface area (Å²) in [6.45, 7) is 1.61. The summed E-state index contributed by atoms with van der Waals surface area (Å²) in [4.78, 5) is 1.98. The average Bonchev–Trinajstić information content (AvgIpc) is 3.36. The predicted octanol–water partition coefficient (Wildman–Crippen LogP) is 2.54. The molecule has 1 saturated heterocycles. The van der Waals surface area contributed by atoms with Crippen LogP contribution < -0.4 is 19.1 Å². The van der Waals surface area contributed by atoms with E-state index in [4.69, 9.17) is 9.47 Å². The van der Waals surface area contributed by atoms with Gasteiger partial charge in [-0.25, -0.2) is 25.9 Å². The van der Waals surface area contributed by atoms with Crippen LogP contribution in [0.3, 0.4) is 0 Å². The van der Waals surface area contributed by atoms with Crippen molar-refractivity contribution in [3.63, 3.8) is 0 Å². The van der Waals surface area contributed by atoms with E-state index in [9.17, 15) is 21.2 Å². The van der Waals surface area contributed by atoms with Crippen LogP contribution in [0.5, 0.6) is 11.5 Å². The molecule has 0 bridgehead atoms. The van der Waals surface area contributed by atoms with Gasteiger partial charge < -0.3 is 14.4 Å². The van der Waals surface area contributed by atoms with Crippen molar-refractivity contribution in [2.24, 2.45) is 0 Å². The molecule has 36 heavy (non-hydrogen) atoms. The van der Waals surface area contributed by atoms with E-state index in [2.05, 4.69) is 4.72 Å². The molecule has 3 aromatic rings. The molecule has 0 spiro atoms. The Morgan fingerprint density at radius 2 is 1.42 bits per heavy atom.